The van der Waals surface area contributed by atoms with Crippen LogP contribution in [-0.4, -0.2) is 41.1 Å². The SMILES string of the molecule is COc1ccc(-c2noc(CN3CCC(C(=O)NC(CC(C)C)c4ccccc4)CC3)n2)cc1. The first-order valence-corrected chi connectivity index (χ1v) is 12.1. The van der Waals surface area contributed by atoms with Gasteiger partial charge >= 0.3 is 0 Å². The number of carbonyl (C=O) groups is 1. The molecular formula is C27H34N4O3. The number of nitrogens with one attached hydrogen (secondary N) is 1. The lowest BCUT2D eigenvalue weighted by atomic mass is 9.93. The van der Waals surface area contributed by atoms with E-state index in [-0.39, 0.29) is 17.9 Å². The largest absolute Gasteiger partial charge is 0.497 e. The molecule has 7 heteroatoms. The summed E-state index contributed by atoms with van der Waals surface area (Å²) < 4.78 is 10.7. The van der Waals surface area contributed by atoms with Crippen molar-refractivity contribution in [3.8, 4) is 17.1 Å². The minimum atomic E-state index is 0.0344. The van der Waals surface area contributed by atoms with Crippen molar-refractivity contribution >= 4 is 5.91 Å². The van der Waals surface area contributed by atoms with Gasteiger partial charge in [0.25, 0.3) is 0 Å². The molecular weight excluding hydrogens is 428 g/mol. The fourth-order valence-corrected chi connectivity index (χ4v) is 4.45. The van der Waals surface area contributed by atoms with Crippen molar-refractivity contribution in [1.29, 1.82) is 0 Å². The summed E-state index contributed by atoms with van der Waals surface area (Å²) in [7, 11) is 1.64. The average Bonchev–Trinajstić information content (AvgIpc) is 3.33. The molecule has 2 heterocycles. The smallest absolute Gasteiger partial charge is 0.241 e. The van der Waals surface area contributed by atoms with Gasteiger partial charge in [0.2, 0.25) is 17.6 Å². The van der Waals surface area contributed by atoms with Crippen LogP contribution < -0.4 is 10.1 Å². The highest BCUT2D eigenvalue weighted by molar-refractivity contribution is 5.79. The number of piperidine rings is 1. The third kappa shape index (κ3) is 6.23. The van der Waals surface area contributed by atoms with Gasteiger partial charge in [0.05, 0.1) is 19.7 Å². The van der Waals surface area contributed by atoms with E-state index >= 15 is 0 Å². The number of hydrogen-bond donors (Lipinski definition) is 1. The minimum absolute atomic E-state index is 0.0344. The molecule has 4 rings (SSSR count). The molecule has 3 aromatic rings. The van der Waals surface area contributed by atoms with Crippen molar-refractivity contribution in [3.63, 3.8) is 0 Å². The van der Waals surface area contributed by atoms with E-state index < -0.39 is 0 Å². The number of methoxy groups -OCH3 is 1. The normalized spacial score (nSPS) is 15.9. The van der Waals surface area contributed by atoms with E-state index in [0.717, 1.165) is 43.7 Å². The molecule has 1 amide bonds. The Kier molecular flexibility index (Phi) is 7.95. The highest BCUT2D eigenvalue weighted by atomic mass is 16.5. The van der Waals surface area contributed by atoms with Gasteiger partial charge in [-0.1, -0.05) is 49.3 Å². The molecule has 0 spiro atoms. The van der Waals surface area contributed by atoms with Gasteiger partial charge in [-0.3, -0.25) is 9.69 Å². The fraction of sp³-hybridized carbons (Fsp3) is 0.444. The van der Waals surface area contributed by atoms with Crippen molar-refractivity contribution in [2.24, 2.45) is 11.8 Å². The number of ether oxygens (including phenoxy) is 1. The van der Waals surface area contributed by atoms with E-state index in [1.807, 2.05) is 42.5 Å². The number of hydrogen-bond acceptors (Lipinski definition) is 6. The Morgan fingerprint density at radius 3 is 2.47 bits per heavy atom. The van der Waals surface area contributed by atoms with Crippen LogP contribution in [0.3, 0.4) is 0 Å². The van der Waals surface area contributed by atoms with Gasteiger partial charge in [-0.2, -0.15) is 4.98 Å². The summed E-state index contributed by atoms with van der Waals surface area (Å²) in [5.41, 5.74) is 2.06. The maximum Gasteiger partial charge on any atom is 0.241 e. The monoisotopic (exact) mass is 462 g/mol. The number of aromatic nitrogens is 2. The van der Waals surface area contributed by atoms with Crippen LogP contribution in [0.5, 0.6) is 5.75 Å². The van der Waals surface area contributed by atoms with Crippen molar-refractivity contribution in [2.45, 2.75) is 45.7 Å². The predicted molar refractivity (Wildman–Crippen MR) is 131 cm³/mol. The first kappa shape index (κ1) is 24.0. The highest BCUT2D eigenvalue weighted by Crippen LogP contribution is 2.25. The minimum Gasteiger partial charge on any atom is -0.497 e. The van der Waals surface area contributed by atoms with E-state index in [4.69, 9.17) is 9.26 Å². The van der Waals surface area contributed by atoms with Gasteiger partial charge in [0.1, 0.15) is 5.75 Å². The summed E-state index contributed by atoms with van der Waals surface area (Å²) in [6, 6.07) is 17.9. The van der Waals surface area contributed by atoms with Gasteiger partial charge in [-0.05, 0) is 68.1 Å². The van der Waals surface area contributed by atoms with Crippen LogP contribution in [0.15, 0.2) is 59.1 Å². The zero-order valence-corrected chi connectivity index (χ0v) is 20.2. The van der Waals surface area contributed by atoms with E-state index in [2.05, 4.69) is 46.3 Å². The summed E-state index contributed by atoms with van der Waals surface area (Å²) in [5.74, 6) is 2.66. The molecule has 1 aromatic heterocycles. The molecule has 1 fully saturated rings. The number of benzene rings is 2. The fourth-order valence-electron chi connectivity index (χ4n) is 4.45. The second-order valence-electron chi connectivity index (χ2n) is 9.39. The Hall–Kier alpha value is -3.19. The second-order valence-corrected chi connectivity index (χ2v) is 9.39. The quantitative estimate of drug-likeness (QED) is 0.489. The number of amides is 1. The lowest BCUT2D eigenvalue weighted by Gasteiger charge is -2.31. The Bertz CT molecular complexity index is 1040. The van der Waals surface area contributed by atoms with Crippen LogP contribution in [0.25, 0.3) is 11.4 Å². The molecule has 34 heavy (non-hydrogen) atoms. The summed E-state index contributed by atoms with van der Waals surface area (Å²) in [4.78, 5) is 19.9. The number of rotatable bonds is 9. The topological polar surface area (TPSA) is 80.5 Å². The van der Waals surface area contributed by atoms with Gasteiger partial charge < -0.3 is 14.6 Å². The third-order valence-corrected chi connectivity index (χ3v) is 6.36. The van der Waals surface area contributed by atoms with Crippen LogP contribution in [0.2, 0.25) is 0 Å². The van der Waals surface area contributed by atoms with Crippen LogP contribution >= 0.6 is 0 Å². The summed E-state index contributed by atoms with van der Waals surface area (Å²) >= 11 is 0. The zero-order chi connectivity index (χ0) is 23.9. The average molecular weight is 463 g/mol. The van der Waals surface area contributed by atoms with Gasteiger partial charge in [-0.25, -0.2) is 0 Å². The first-order chi connectivity index (χ1) is 16.5. The number of likely N-dealkylation sites (tertiary alicyclic amines) is 1. The third-order valence-electron chi connectivity index (χ3n) is 6.36. The van der Waals surface area contributed by atoms with Crippen molar-refractivity contribution in [2.75, 3.05) is 20.2 Å². The Balaban J connectivity index is 1.29. The van der Waals surface area contributed by atoms with E-state index in [0.29, 0.717) is 24.2 Å². The van der Waals surface area contributed by atoms with Crippen molar-refractivity contribution < 1.29 is 14.1 Å². The second kappa shape index (κ2) is 11.3. The first-order valence-electron chi connectivity index (χ1n) is 12.1. The molecule has 1 saturated heterocycles. The molecule has 0 radical (unpaired) electrons. The van der Waals surface area contributed by atoms with Gasteiger partial charge in [0, 0.05) is 11.5 Å². The summed E-state index contributed by atoms with van der Waals surface area (Å²) in [6.07, 6.45) is 2.59. The zero-order valence-electron chi connectivity index (χ0n) is 20.2. The maximum absolute atomic E-state index is 13.1. The molecule has 0 saturated carbocycles. The Morgan fingerprint density at radius 2 is 1.82 bits per heavy atom. The van der Waals surface area contributed by atoms with Crippen LogP contribution in [-0.2, 0) is 11.3 Å². The lowest BCUT2D eigenvalue weighted by Crippen LogP contribution is -2.41. The molecule has 2 aromatic carbocycles. The van der Waals surface area contributed by atoms with Crippen LogP contribution in [0.1, 0.15) is 50.6 Å². The molecule has 0 bridgehead atoms. The lowest BCUT2D eigenvalue weighted by molar-refractivity contribution is -0.127. The predicted octanol–water partition coefficient (Wildman–Crippen LogP) is 4.86. The number of carbonyl (C=O) groups excluding carboxylic acids is 1. The molecule has 180 valence electrons. The van der Waals surface area contributed by atoms with E-state index in [9.17, 15) is 4.79 Å². The molecule has 1 unspecified atom stereocenters. The molecule has 1 N–H and O–H groups in total. The summed E-state index contributed by atoms with van der Waals surface area (Å²) in [6.45, 7) is 6.64. The standard InChI is InChI=1S/C27H34N4O3/c1-19(2)17-24(20-7-5-4-6-8-20)28-27(32)22-13-15-31(16-14-22)18-25-29-26(30-34-25)21-9-11-23(33-3)12-10-21/h4-12,19,22,24H,13-18H2,1-3H3,(H,28,32). The van der Waals surface area contributed by atoms with Crippen molar-refractivity contribution in [1.82, 2.24) is 20.4 Å². The molecule has 1 aliphatic rings. The maximum atomic E-state index is 13.1. The van der Waals surface area contributed by atoms with E-state index in [1.165, 1.54) is 5.56 Å². The van der Waals surface area contributed by atoms with Gasteiger partial charge in [0.15, 0.2) is 0 Å². The van der Waals surface area contributed by atoms with E-state index in [1.54, 1.807) is 7.11 Å². The number of nitrogens with zero attached hydrogens (tertiary/aromatic N) is 3. The summed E-state index contributed by atoms with van der Waals surface area (Å²) in [5, 5.41) is 7.44. The molecule has 1 aliphatic heterocycles. The van der Waals surface area contributed by atoms with Crippen LogP contribution in [0.4, 0.5) is 0 Å². The Morgan fingerprint density at radius 1 is 1.12 bits per heavy atom. The van der Waals surface area contributed by atoms with Crippen LogP contribution in [0, 0.1) is 11.8 Å². The Labute approximate surface area is 201 Å². The van der Waals surface area contributed by atoms with Gasteiger partial charge in [-0.15, -0.1) is 0 Å². The van der Waals surface area contributed by atoms with Crippen molar-refractivity contribution in [3.05, 3.63) is 66.1 Å². The molecule has 1 atom stereocenters. The molecule has 0 aliphatic carbocycles. The highest BCUT2D eigenvalue weighted by Gasteiger charge is 2.28. The molecule has 7 nitrogen and oxygen atoms in total.